The second-order valence-corrected chi connectivity index (χ2v) is 8.69. The molecule has 2 aromatic carbocycles. The SMILES string of the molecule is COc1ccc(-c2nc(Br)c3n2-c2ccc(S(C)(=O)=O)cc2OC3)cc1. The molecule has 0 fully saturated rings. The first kappa shape index (κ1) is 17.1. The fraction of sp³-hybridized carbons (Fsp3) is 0.167. The monoisotopic (exact) mass is 434 g/mol. The van der Waals surface area contributed by atoms with Crippen molar-refractivity contribution >= 4 is 25.8 Å². The third-order valence-corrected chi connectivity index (χ3v) is 5.98. The Morgan fingerprint density at radius 1 is 1.19 bits per heavy atom. The predicted octanol–water partition coefficient (Wildman–Crippen LogP) is 3.61. The maximum atomic E-state index is 11.8. The van der Waals surface area contributed by atoms with Crippen LogP contribution in [0.2, 0.25) is 0 Å². The summed E-state index contributed by atoms with van der Waals surface area (Å²) < 4.78 is 37.3. The summed E-state index contributed by atoms with van der Waals surface area (Å²) in [5, 5.41) is 0. The number of sulfone groups is 1. The predicted molar refractivity (Wildman–Crippen MR) is 101 cm³/mol. The van der Waals surface area contributed by atoms with Crippen molar-refractivity contribution in [1.29, 1.82) is 0 Å². The van der Waals surface area contributed by atoms with Gasteiger partial charge in [-0.3, -0.25) is 4.57 Å². The van der Waals surface area contributed by atoms with Crippen molar-refractivity contribution in [3.05, 3.63) is 52.8 Å². The zero-order valence-corrected chi connectivity index (χ0v) is 16.5. The maximum absolute atomic E-state index is 11.8. The minimum absolute atomic E-state index is 0.227. The van der Waals surface area contributed by atoms with Gasteiger partial charge in [-0.15, -0.1) is 0 Å². The highest BCUT2D eigenvalue weighted by Gasteiger charge is 2.26. The number of ether oxygens (including phenoxy) is 2. The number of aromatic nitrogens is 2. The van der Waals surface area contributed by atoms with E-state index in [1.54, 1.807) is 25.3 Å². The zero-order chi connectivity index (χ0) is 18.5. The highest BCUT2D eigenvalue weighted by Crippen LogP contribution is 2.38. The number of hydrogen-bond donors (Lipinski definition) is 0. The Bertz CT molecular complexity index is 1100. The van der Waals surface area contributed by atoms with Crippen LogP contribution in [-0.2, 0) is 16.4 Å². The van der Waals surface area contributed by atoms with Crippen molar-refractivity contribution in [2.75, 3.05) is 13.4 Å². The van der Waals surface area contributed by atoms with Crippen molar-refractivity contribution in [1.82, 2.24) is 9.55 Å². The molecule has 0 spiro atoms. The van der Waals surface area contributed by atoms with E-state index in [2.05, 4.69) is 20.9 Å². The van der Waals surface area contributed by atoms with Crippen molar-refractivity contribution in [2.45, 2.75) is 11.5 Å². The summed E-state index contributed by atoms with van der Waals surface area (Å²) in [4.78, 5) is 4.86. The summed E-state index contributed by atoms with van der Waals surface area (Å²) in [5.41, 5.74) is 2.54. The third kappa shape index (κ3) is 2.79. The normalized spacial score (nSPS) is 12.9. The van der Waals surface area contributed by atoms with Crippen LogP contribution < -0.4 is 9.47 Å². The van der Waals surface area contributed by atoms with Crippen LogP contribution in [0.1, 0.15) is 5.69 Å². The molecule has 0 N–H and O–H groups in total. The van der Waals surface area contributed by atoms with E-state index >= 15 is 0 Å². The standard InChI is InChI=1S/C18H15BrN2O4S/c1-24-12-5-3-11(4-6-12)18-20-17(19)15-10-25-16-9-13(26(2,22)23)7-8-14(16)21(15)18/h3-9H,10H2,1-2H3. The molecule has 1 aromatic heterocycles. The molecule has 6 nitrogen and oxygen atoms in total. The van der Waals surface area contributed by atoms with Gasteiger partial charge in [0, 0.05) is 17.9 Å². The minimum Gasteiger partial charge on any atom is -0.497 e. The smallest absolute Gasteiger partial charge is 0.175 e. The topological polar surface area (TPSA) is 70.4 Å². The Balaban J connectivity index is 1.90. The van der Waals surface area contributed by atoms with Gasteiger partial charge >= 0.3 is 0 Å². The quantitative estimate of drug-likeness (QED) is 0.629. The lowest BCUT2D eigenvalue weighted by molar-refractivity contribution is 0.284. The summed E-state index contributed by atoms with van der Waals surface area (Å²) >= 11 is 3.49. The number of methoxy groups -OCH3 is 1. The molecule has 0 atom stereocenters. The van der Waals surface area contributed by atoms with E-state index < -0.39 is 9.84 Å². The van der Waals surface area contributed by atoms with E-state index in [0.717, 1.165) is 28.5 Å². The Morgan fingerprint density at radius 3 is 2.58 bits per heavy atom. The molecule has 0 radical (unpaired) electrons. The van der Waals surface area contributed by atoms with E-state index in [1.807, 2.05) is 28.8 Å². The largest absolute Gasteiger partial charge is 0.497 e. The molecular weight excluding hydrogens is 420 g/mol. The molecule has 0 unspecified atom stereocenters. The van der Waals surface area contributed by atoms with Crippen LogP contribution in [0.25, 0.3) is 17.1 Å². The molecule has 0 bridgehead atoms. The van der Waals surface area contributed by atoms with Gasteiger partial charge in [0.05, 0.1) is 23.4 Å². The summed E-state index contributed by atoms with van der Waals surface area (Å²) in [6, 6.07) is 12.5. The number of hydrogen-bond acceptors (Lipinski definition) is 5. The lowest BCUT2D eigenvalue weighted by atomic mass is 10.2. The molecule has 1 aliphatic rings. The van der Waals surface area contributed by atoms with E-state index in [9.17, 15) is 8.42 Å². The van der Waals surface area contributed by atoms with Crippen LogP contribution in [0, 0.1) is 0 Å². The van der Waals surface area contributed by atoms with Gasteiger partial charge < -0.3 is 9.47 Å². The molecule has 0 aliphatic carbocycles. The van der Waals surface area contributed by atoms with Crippen molar-refractivity contribution in [2.24, 2.45) is 0 Å². The van der Waals surface area contributed by atoms with E-state index in [-0.39, 0.29) is 4.90 Å². The average molecular weight is 435 g/mol. The van der Waals surface area contributed by atoms with Crippen molar-refractivity contribution < 1.29 is 17.9 Å². The molecule has 0 amide bonds. The number of imidazole rings is 1. The Hall–Kier alpha value is -2.32. The molecular formula is C18H15BrN2O4S. The third-order valence-electron chi connectivity index (χ3n) is 4.24. The lowest BCUT2D eigenvalue weighted by Crippen LogP contribution is -2.14. The molecule has 26 heavy (non-hydrogen) atoms. The first-order valence-electron chi connectivity index (χ1n) is 7.77. The van der Waals surface area contributed by atoms with Crippen LogP contribution in [0.5, 0.6) is 11.5 Å². The Kier molecular flexibility index (Phi) is 4.04. The first-order chi connectivity index (χ1) is 12.4. The summed E-state index contributed by atoms with van der Waals surface area (Å²) in [6.07, 6.45) is 1.18. The average Bonchev–Trinajstić information content (AvgIpc) is 2.98. The van der Waals surface area contributed by atoms with Gasteiger partial charge in [-0.05, 0) is 52.3 Å². The number of nitrogens with zero attached hydrogens (tertiary/aromatic N) is 2. The second-order valence-electron chi connectivity index (χ2n) is 5.93. The van der Waals surface area contributed by atoms with E-state index in [4.69, 9.17) is 9.47 Å². The number of rotatable bonds is 3. The van der Waals surface area contributed by atoms with Gasteiger partial charge in [0.2, 0.25) is 0 Å². The van der Waals surface area contributed by atoms with Crippen LogP contribution in [0.3, 0.4) is 0 Å². The molecule has 0 saturated heterocycles. The van der Waals surface area contributed by atoms with Gasteiger partial charge in [0.1, 0.15) is 28.5 Å². The number of fused-ring (bicyclic) bond motifs is 3. The van der Waals surface area contributed by atoms with Crippen molar-refractivity contribution in [3.63, 3.8) is 0 Å². The van der Waals surface area contributed by atoms with Gasteiger partial charge in [0.15, 0.2) is 9.84 Å². The van der Waals surface area contributed by atoms with Crippen LogP contribution in [0.15, 0.2) is 52.0 Å². The summed E-state index contributed by atoms with van der Waals surface area (Å²) in [6.45, 7) is 0.296. The summed E-state index contributed by atoms with van der Waals surface area (Å²) in [7, 11) is -1.69. The molecule has 8 heteroatoms. The summed E-state index contributed by atoms with van der Waals surface area (Å²) in [5.74, 6) is 2.02. The highest BCUT2D eigenvalue weighted by molar-refractivity contribution is 9.10. The Morgan fingerprint density at radius 2 is 1.92 bits per heavy atom. The van der Waals surface area contributed by atoms with Gasteiger partial charge in [0.25, 0.3) is 0 Å². The highest BCUT2D eigenvalue weighted by atomic mass is 79.9. The molecule has 2 heterocycles. The molecule has 3 aromatic rings. The zero-order valence-electron chi connectivity index (χ0n) is 14.1. The Labute approximate surface area is 159 Å². The van der Waals surface area contributed by atoms with Crippen LogP contribution in [-0.4, -0.2) is 31.3 Å². The second kappa shape index (κ2) is 6.14. The van der Waals surface area contributed by atoms with Gasteiger partial charge in [-0.25, -0.2) is 13.4 Å². The first-order valence-corrected chi connectivity index (χ1v) is 10.5. The van der Waals surface area contributed by atoms with Crippen LogP contribution in [0.4, 0.5) is 0 Å². The van der Waals surface area contributed by atoms with E-state index in [1.165, 1.54) is 6.26 Å². The van der Waals surface area contributed by atoms with Crippen molar-refractivity contribution in [3.8, 4) is 28.6 Å². The van der Waals surface area contributed by atoms with E-state index in [0.29, 0.717) is 17.0 Å². The van der Waals surface area contributed by atoms with Gasteiger partial charge in [-0.1, -0.05) is 0 Å². The fourth-order valence-corrected chi connectivity index (χ4v) is 4.01. The molecule has 1 aliphatic heterocycles. The number of benzene rings is 2. The maximum Gasteiger partial charge on any atom is 0.175 e. The molecule has 4 rings (SSSR count). The molecule has 134 valence electrons. The lowest BCUT2D eigenvalue weighted by Gasteiger charge is -2.22. The minimum atomic E-state index is -3.31. The fourth-order valence-electron chi connectivity index (χ4n) is 2.92. The van der Waals surface area contributed by atoms with Crippen LogP contribution >= 0.6 is 15.9 Å². The molecule has 0 saturated carbocycles. The van der Waals surface area contributed by atoms with Gasteiger partial charge in [-0.2, -0.15) is 0 Å². The number of halogens is 1.